The van der Waals surface area contributed by atoms with Gasteiger partial charge in [-0.1, -0.05) is 12.1 Å². The number of aromatic nitrogens is 4. The molecular formula is C24H21F2N5O5S. The number of H-pyrrole nitrogens is 1. The van der Waals surface area contributed by atoms with Crippen molar-refractivity contribution in [3.8, 4) is 0 Å². The Bertz CT molecular complexity index is 1750. The lowest BCUT2D eigenvalue weighted by molar-refractivity contribution is 0.500. The summed E-state index contributed by atoms with van der Waals surface area (Å²) in [6, 6.07) is 10.8. The monoisotopic (exact) mass is 529 g/mol. The molecule has 2 N–H and O–H groups in total. The van der Waals surface area contributed by atoms with Crippen molar-refractivity contribution in [2.45, 2.75) is 24.9 Å². The van der Waals surface area contributed by atoms with Crippen LogP contribution in [0, 0.1) is 18.6 Å². The van der Waals surface area contributed by atoms with E-state index in [2.05, 4.69) is 15.3 Å². The molecule has 0 fully saturated rings. The van der Waals surface area contributed by atoms with Gasteiger partial charge in [0.1, 0.15) is 0 Å². The van der Waals surface area contributed by atoms with Gasteiger partial charge in [0, 0.05) is 23.7 Å². The molecule has 0 saturated heterocycles. The summed E-state index contributed by atoms with van der Waals surface area (Å²) in [5.74, 6) is -2.35. The highest BCUT2D eigenvalue weighted by atomic mass is 32.2. The van der Waals surface area contributed by atoms with Gasteiger partial charge >= 0.3 is 11.4 Å². The highest BCUT2D eigenvalue weighted by molar-refractivity contribution is 7.90. The molecule has 0 unspecified atom stereocenters. The van der Waals surface area contributed by atoms with Crippen molar-refractivity contribution in [2.75, 3.05) is 11.6 Å². The molecule has 0 saturated carbocycles. The molecule has 0 aliphatic heterocycles. The molecule has 37 heavy (non-hydrogen) atoms. The lowest BCUT2D eigenvalue weighted by atomic mass is 10.1. The minimum Gasteiger partial charge on any atom is -0.329 e. The molecule has 2 aromatic heterocycles. The summed E-state index contributed by atoms with van der Waals surface area (Å²) in [5, 5.41) is 2.80. The van der Waals surface area contributed by atoms with Crippen LogP contribution in [0.3, 0.4) is 0 Å². The van der Waals surface area contributed by atoms with Crippen LogP contribution in [0.1, 0.15) is 16.7 Å². The van der Waals surface area contributed by atoms with Crippen LogP contribution < -0.4 is 22.3 Å². The molecule has 0 bridgehead atoms. The number of nitrogens with zero attached hydrogens (tertiary/aromatic N) is 3. The summed E-state index contributed by atoms with van der Waals surface area (Å²) in [7, 11) is -3.45. The van der Waals surface area contributed by atoms with E-state index in [0.717, 1.165) is 21.5 Å². The number of aromatic amines is 1. The number of halogens is 2. The van der Waals surface area contributed by atoms with E-state index < -0.39 is 38.4 Å². The number of nitrogens with one attached hydrogen (secondary N) is 2. The van der Waals surface area contributed by atoms with Crippen LogP contribution >= 0.6 is 0 Å². The fourth-order valence-corrected chi connectivity index (χ4v) is 4.27. The number of anilines is 2. The SMILES string of the molecule is Cc1cc(Cn2c(Nc3ccc(S(C)(=O)=O)cc3)nc(=O)n(Cc3ccc[nH]c3=O)c2=O)cc(F)c1F. The van der Waals surface area contributed by atoms with Crippen molar-refractivity contribution in [3.63, 3.8) is 0 Å². The van der Waals surface area contributed by atoms with Gasteiger partial charge in [-0.05, 0) is 54.4 Å². The molecule has 2 aromatic carbocycles. The van der Waals surface area contributed by atoms with E-state index in [1.54, 1.807) is 0 Å². The second-order valence-corrected chi connectivity index (χ2v) is 10.3. The van der Waals surface area contributed by atoms with Crippen molar-refractivity contribution in [1.29, 1.82) is 0 Å². The van der Waals surface area contributed by atoms with Crippen LogP contribution in [-0.2, 0) is 22.9 Å². The molecule has 2 heterocycles. The van der Waals surface area contributed by atoms with Gasteiger partial charge in [-0.2, -0.15) is 4.98 Å². The molecule has 0 atom stereocenters. The third kappa shape index (κ3) is 5.56. The Morgan fingerprint density at radius 1 is 1.00 bits per heavy atom. The van der Waals surface area contributed by atoms with E-state index in [0.29, 0.717) is 5.69 Å². The number of hydrogen-bond acceptors (Lipinski definition) is 7. The predicted octanol–water partition coefficient (Wildman–Crippen LogP) is 1.92. The summed E-state index contributed by atoms with van der Waals surface area (Å²) >= 11 is 0. The molecule has 13 heteroatoms. The summed E-state index contributed by atoms with van der Waals surface area (Å²) in [6.45, 7) is 0.702. The molecule has 192 valence electrons. The van der Waals surface area contributed by atoms with E-state index in [9.17, 15) is 31.6 Å². The molecule has 4 aromatic rings. The summed E-state index contributed by atoms with van der Waals surface area (Å²) in [5.41, 5.74) is -1.63. The van der Waals surface area contributed by atoms with Crippen molar-refractivity contribution in [3.05, 3.63) is 114 Å². The Kier molecular flexibility index (Phi) is 6.90. The quantitative estimate of drug-likeness (QED) is 0.373. The van der Waals surface area contributed by atoms with Crippen molar-refractivity contribution >= 4 is 21.5 Å². The molecule has 0 radical (unpaired) electrons. The lowest BCUT2D eigenvalue weighted by Gasteiger charge is -2.16. The summed E-state index contributed by atoms with van der Waals surface area (Å²) in [4.78, 5) is 44.8. The van der Waals surface area contributed by atoms with Gasteiger partial charge in [0.2, 0.25) is 5.95 Å². The smallest absolute Gasteiger partial charge is 0.329 e. The Morgan fingerprint density at radius 2 is 1.70 bits per heavy atom. The Labute approximate surface area is 208 Å². The Morgan fingerprint density at radius 3 is 2.32 bits per heavy atom. The predicted molar refractivity (Wildman–Crippen MR) is 132 cm³/mol. The second-order valence-electron chi connectivity index (χ2n) is 8.33. The number of pyridine rings is 1. The third-order valence-electron chi connectivity index (χ3n) is 5.53. The number of rotatable bonds is 7. The number of sulfone groups is 1. The van der Waals surface area contributed by atoms with Gasteiger partial charge in [-0.3, -0.25) is 9.36 Å². The first-order chi connectivity index (χ1) is 17.4. The summed E-state index contributed by atoms with van der Waals surface area (Å²) < 4.78 is 53.1. The Hall–Kier alpha value is -4.39. The van der Waals surface area contributed by atoms with Crippen LogP contribution in [0.5, 0.6) is 0 Å². The minimum absolute atomic E-state index is 0.0195. The first-order valence-corrected chi connectivity index (χ1v) is 12.7. The molecule has 0 aliphatic rings. The molecule has 0 aliphatic carbocycles. The largest absolute Gasteiger partial charge is 0.355 e. The molecule has 0 spiro atoms. The van der Waals surface area contributed by atoms with Crippen LogP contribution in [0.4, 0.5) is 20.4 Å². The van der Waals surface area contributed by atoms with Gasteiger partial charge in [-0.25, -0.2) is 31.4 Å². The standard InChI is InChI=1S/C24H21F2N5O5S/c1-14-10-15(11-19(25)20(14)26)12-30-22(28-17-5-7-18(8-6-17)37(2,35)36)29-23(33)31(24(30)34)13-16-4-3-9-27-21(16)32/h3-11H,12-13H2,1-2H3,(H,27,32)(H,28,29,33). The van der Waals surface area contributed by atoms with E-state index in [1.807, 2.05) is 0 Å². The van der Waals surface area contributed by atoms with Gasteiger partial charge in [0.25, 0.3) is 5.56 Å². The molecule has 4 rings (SSSR count). The zero-order valence-corrected chi connectivity index (χ0v) is 20.5. The average molecular weight is 530 g/mol. The third-order valence-corrected chi connectivity index (χ3v) is 6.66. The highest BCUT2D eigenvalue weighted by Crippen LogP contribution is 2.19. The maximum atomic E-state index is 14.1. The van der Waals surface area contributed by atoms with Crippen LogP contribution in [0.15, 0.2) is 74.0 Å². The fraction of sp³-hybridized carbons (Fsp3) is 0.167. The van der Waals surface area contributed by atoms with E-state index in [-0.39, 0.29) is 40.6 Å². The maximum absolute atomic E-state index is 14.1. The second kappa shape index (κ2) is 9.93. The minimum atomic E-state index is -3.45. The van der Waals surface area contributed by atoms with Crippen molar-refractivity contribution in [2.24, 2.45) is 0 Å². The van der Waals surface area contributed by atoms with E-state index in [1.165, 1.54) is 55.6 Å². The first-order valence-electron chi connectivity index (χ1n) is 10.8. The average Bonchev–Trinajstić information content (AvgIpc) is 2.83. The van der Waals surface area contributed by atoms with Crippen molar-refractivity contribution in [1.82, 2.24) is 19.1 Å². The van der Waals surface area contributed by atoms with E-state index >= 15 is 0 Å². The lowest BCUT2D eigenvalue weighted by Crippen LogP contribution is -2.43. The van der Waals surface area contributed by atoms with E-state index in [4.69, 9.17) is 0 Å². The maximum Gasteiger partial charge on any atom is 0.355 e. The number of benzene rings is 2. The van der Waals surface area contributed by atoms with Crippen LogP contribution in [-0.4, -0.2) is 33.8 Å². The van der Waals surface area contributed by atoms with Gasteiger partial charge in [-0.15, -0.1) is 0 Å². The van der Waals surface area contributed by atoms with Gasteiger partial charge in [0.15, 0.2) is 21.5 Å². The number of hydrogen-bond donors (Lipinski definition) is 2. The molecule has 10 nitrogen and oxygen atoms in total. The van der Waals surface area contributed by atoms with Crippen molar-refractivity contribution < 1.29 is 17.2 Å². The Balaban J connectivity index is 1.83. The molecule has 0 amide bonds. The summed E-state index contributed by atoms with van der Waals surface area (Å²) in [6.07, 6.45) is 2.45. The fourth-order valence-electron chi connectivity index (χ4n) is 3.64. The van der Waals surface area contributed by atoms with Gasteiger partial charge < -0.3 is 10.3 Å². The number of aryl methyl sites for hydroxylation is 1. The molecular weight excluding hydrogens is 508 g/mol. The van der Waals surface area contributed by atoms with Gasteiger partial charge in [0.05, 0.1) is 18.0 Å². The normalized spacial score (nSPS) is 11.5. The van der Waals surface area contributed by atoms with Crippen LogP contribution in [0.25, 0.3) is 0 Å². The first kappa shape index (κ1) is 25.7. The topological polar surface area (TPSA) is 136 Å². The van der Waals surface area contributed by atoms with Crippen LogP contribution in [0.2, 0.25) is 0 Å². The highest BCUT2D eigenvalue weighted by Gasteiger charge is 2.17. The zero-order valence-electron chi connectivity index (χ0n) is 19.7. The zero-order chi connectivity index (χ0) is 26.9.